The molecule has 14 heavy (non-hydrogen) atoms. The standard InChI is InChI=1S/C11H13N2O/c12-9(7-14)5-8-6-13-11-4-2-1-3-10(8)11/h1-4,6,9,14H,5,7,12H2. The molecule has 0 fully saturated rings. The molecule has 1 radical (unpaired) electrons. The molecule has 0 bridgehead atoms. The number of hydrogen-bond donors (Lipinski definition) is 2. The molecule has 1 aliphatic heterocycles. The molecular formula is C11H13N2O. The Kier molecular flexibility index (Phi) is 2.52. The summed E-state index contributed by atoms with van der Waals surface area (Å²) in [5.41, 5.74) is 8.92. The molecule has 0 saturated carbocycles. The van der Waals surface area contributed by atoms with Crippen molar-refractivity contribution in [1.29, 1.82) is 0 Å². The SMILES string of the molecule is NC(CO)CC1=C[N]c2ccccc21. The summed E-state index contributed by atoms with van der Waals surface area (Å²) < 4.78 is 0. The van der Waals surface area contributed by atoms with Crippen LogP contribution in [0.3, 0.4) is 0 Å². The third-order valence-corrected chi connectivity index (χ3v) is 2.33. The number of nitrogens with zero attached hydrogens (tertiary/aromatic N) is 1. The van der Waals surface area contributed by atoms with Crippen LogP contribution in [0.4, 0.5) is 5.69 Å². The minimum Gasteiger partial charge on any atom is -0.395 e. The second-order valence-corrected chi connectivity index (χ2v) is 3.45. The van der Waals surface area contributed by atoms with Crippen LogP contribution < -0.4 is 11.1 Å². The van der Waals surface area contributed by atoms with Crippen molar-refractivity contribution < 1.29 is 5.11 Å². The molecule has 1 aliphatic rings. The van der Waals surface area contributed by atoms with Gasteiger partial charge in [-0.2, -0.15) is 0 Å². The van der Waals surface area contributed by atoms with Gasteiger partial charge in [0.05, 0.1) is 12.3 Å². The van der Waals surface area contributed by atoms with Gasteiger partial charge in [-0.1, -0.05) is 18.2 Å². The van der Waals surface area contributed by atoms with Crippen LogP contribution in [0.25, 0.3) is 5.57 Å². The molecule has 0 aliphatic carbocycles. The van der Waals surface area contributed by atoms with E-state index < -0.39 is 0 Å². The third kappa shape index (κ3) is 1.64. The molecule has 1 heterocycles. The largest absolute Gasteiger partial charge is 0.395 e. The lowest BCUT2D eigenvalue weighted by atomic mass is 10.0. The van der Waals surface area contributed by atoms with Gasteiger partial charge in [0.25, 0.3) is 0 Å². The molecule has 3 nitrogen and oxygen atoms in total. The smallest absolute Gasteiger partial charge is 0.0705 e. The number of para-hydroxylation sites is 1. The summed E-state index contributed by atoms with van der Waals surface area (Å²) in [7, 11) is 0. The second-order valence-electron chi connectivity index (χ2n) is 3.45. The number of hydrogen-bond acceptors (Lipinski definition) is 2. The van der Waals surface area contributed by atoms with E-state index in [9.17, 15) is 0 Å². The summed E-state index contributed by atoms with van der Waals surface area (Å²) in [5, 5.41) is 13.1. The molecule has 1 aromatic rings. The Morgan fingerprint density at radius 1 is 1.36 bits per heavy atom. The number of benzene rings is 1. The summed E-state index contributed by atoms with van der Waals surface area (Å²) >= 11 is 0. The van der Waals surface area contributed by atoms with Crippen LogP contribution >= 0.6 is 0 Å². The van der Waals surface area contributed by atoms with Crippen molar-refractivity contribution in [2.24, 2.45) is 5.73 Å². The highest BCUT2D eigenvalue weighted by molar-refractivity contribution is 5.79. The second kappa shape index (κ2) is 3.82. The highest BCUT2D eigenvalue weighted by atomic mass is 16.3. The van der Waals surface area contributed by atoms with Crippen LogP contribution in [0, 0.1) is 0 Å². The highest BCUT2D eigenvalue weighted by Gasteiger charge is 2.16. The van der Waals surface area contributed by atoms with Crippen molar-refractivity contribution >= 4 is 11.3 Å². The van der Waals surface area contributed by atoms with E-state index in [-0.39, 0.29) is 12.6 Å². The lowest BCUT2D eigenvalue weighted by molar-refractivity contribution is 0.267. The van der Waals surface area contributed by atoms with Crippen molar-refractivity contribution in [3.63, 3.8) is 0 Å². The van der Waals surface area contributed by atoms with Gasteiger partial charge in [-0.3, -0.25) is 5.32 Å². The van der Waals surface area contributed by atoms with Crippen LogP contribution in [0.1, 0.15) is 12.0 Å². The van der Waals surface area contributed by atoms with Crippen molar-refractivity contribution in [3.8, 4) is 0 Å². The van der Waals surface area contributed by atoms with Gasteiger partial charge in [-0.15, -0.1) is 0 Å². The van der Waals surface area contributed by atoms with Gasteiger partial charge < -0.3 is 10.8 Å². The fraction of sp³-hybridized carbons (Fsp3) is 0.273. The first-order valence-corrected chi connectivity index (χ1v) is 4.67. The zero-order valence-corrected chi connectivity index (χ0v) is 7.85. The molecule has 0 aromatic heterocycles. The summed E-state index contributed by atoms with van der Waals surface area (Å²) in [4.78, 5) is 0. The number of rotatable bonds is 3. The molecule has 73 valence electrons. The zero-order chi connectivity index (χ0) is 9.97. The van der Waals surface area contributed by atoms with E-state index in [1.807, 2.05) is 30.5 Å². The van der Waals surface area contributed by atoms with Gasteiger partial charge in [0.1, 0.15) is 0 Å². The first kappa shape index (κ1) is 9.24. The molecule has 2 rings (SSSR count). The van der Waals surface area contributed by atoms with Gasteiger partial charge >= 0.3 is 0 Å². The van der Waals surface area contributed by atoms with Crippen molar-refractivity contribution in [1.82, 2.24) is 5.32 Å². The fourth-order valence-electron chi connectivity index (χ4n) is 1.58. The molecule has 1 atom stereocenters. The van der Waals surface area contributed by atoms with Gasteiger partial charge in [-0.05, 0) is 18.1 Å². The minimum absolute atomic E-state index is 0.0134. The maximum atomic E-state index is 8.86. The van der Waals surface area contributed by atoms with Crippen LogP contribution in [-0.4, -0.2) is 17.8 Å². The first-order chi connectivity index (χ1) is 6.81. The Hall–Kier alpha value is -1.32. The van der Waals surface area contributed by atoms with E-state index in [0.29, 0.717) is 6.42 Å². The lowest BCUT2D eigenvalue weighted by Gasteiger charge is -2.08. The number of nitrogens with two attached hydrogens (primary N) is 1. The highest BCUT2D eigenvalue weighted by Crippen LogP contribution is 2.32. The quantitative estimate of drug-likeness (QED) is 0.744. The Bertz CT molecular complexity index is 360. The maximum absolute atomic E-state index is 8.86. The molecule has 1 aromatic carbocycles. The number of fused-ring (bicyclic) bond motifs is 1. The molecule has 1 unspecified atom stereocenters. The van der Waals surface area contributed by atoms with E-state index in [1.165, 1.54) is 0 Å². The molecule has 0 spiro atoms. The van der Waals surface area contributed by atoms with Gasteiger partial charge in [0.2, 0.25) is 0 Å². The Morgan fingerprint density at radius 3 is 2.93 bits per heavy atom. The summed E-state index contributed by atoms with van der Waals surface area (Å²) in [6.07, 6.45) is 2.51. The van der Waals surface area contributed by atoms with Gasteiger partial charge in [-0.25, -0.2) is 0 Å². The minimum atomic E-state index is -0.192. The summed E-state index contributed by atoms with van der Waals surface area (Å²) in [5.74, 6) is 0. The normalized spacial score (nSPS) is 15.7. The van der Waals surface area contributed by atoms with E-state index in [0.717, 1.165) is 16.8 Å². The molecular weight excluding hydrogens is 176 g/mol. The van der Waals surface area contributed by atoms with Crippen molar-refractivity contribution in [3.05, 3.63) is 36.0 Å². The number of aliphatic hydroxyl groups is 1. The summed E-state index contributed by atoms with van der Waals surface area (Å²) in [6.45, 7) is 0.0134. The van der Waals surface area contributed by atoms with Crippen LogP contribution in [-0.2, 0) is 0 Å². The maximum Gasteiger partial charge on any atom is 0.0705 e. The molecule has 0 saturated heterocycles. The average Bonchev–Trinajstić information content (AvgIpc) is 2.62. The van der Waals surface area contributed by atoms with Gasteiger partial charge in [0, 0.05) is 17.8 Å². The van der Waals surface area contributed by atoms with Crippen LogP contribution in [0.2, 0.25) is 0 Å². The van der Waals surface area contributed by atoms with Crippen molar-refractivity contribution in [2.45, 2.75) is 12.5 Å². The van der Waals surface area contributed by atoms with E-state index in [2.05, 4.69) is 5.32 Å². The van der Waals surface area contributed by atoms with Gasteiger partial charge in [0.15, 0.2) is 0 Å². The topological polar surface area (TPSA) is 60.4 Å². The third-order valence-electron chi connectivity index (χ3n) is 2.33. The predicted octanol–water partition coefficient (Wildman–Crippen LogP) is 0.987. The molecule has 0 amide bonds. The Morgan fingerprint density at radius 2 is 2.14 bits per heavy atom. The average molecular weight is 189 g/mol. The summed E-state index contributed by atoms with van der Waals surface area (Å²) in [6, 6.07) is 7.76. The molecule has 3 N–H and O–H groups in total. The lowest BCUT2D eigenvalue weighted by Crippen LogP contribution is -2.24. The number of aliphatic hydroxyl groups excluding tert-OH is 1. The Balaban J connectivity index is 2.17. The van der Waals surface area contributed by atoms with E-state index >= 15 is 0 Å². The Labute approximate surface area is 83.2 Å². The molecule has 3 heteroatoms. The van der Waals surface area contributed by atoms with Crippen molar-refractivity contribution in [2.75, 3.05) is 6.61 Å². The van der Waals surface area contributed by atoms with E-state index in [4.69, 9.17) is 10.8 Å². The van der Waals surface area contributed by atoms with Crippen LogP contribution in [0.15, 0.2) is 30.5 Å². The first-order valence-electron chi connectivity index (χ1n) is 4.67. The predicted molar refractivity (Wildman–Crippen MR) is 55.9 cm³/mol. The monoisotopic (exact) mass is 189 g/mol. The van der Waals surface area contributed by atoms with E-state index in [1.54, 1.807) is 0 Å². The zero-order valence-electron chi connectivity index (χ0n) is 7.85. The van der Waals surface area contributed by atoms with Crippen LogP contribution in [0.5, 0.6) is 0 Å². The fourth-order valence-corrected chi connectivity index (χ4v) is 1.58.